The van der Waals surface area contributed by atoms with E-state index < -0.39 is 16.9 Å². The summed E-state index contributed by atoms with van der Waals surface area (Å²) in [6.45, 7) is 0. The number of carbonyl (C=O) groups is 2. The molecule has 1 N–H and O–H groups in total. The molecule has 0 bridgehead atoms. The molecule has 1 saturated heterocycles. The predicted molar refractivity (Wildman–Crippen MR) is 113 cm³/mol. The Morgan fingerprint density at radius 1 is 1.16 bits per heavy atom. The van der Waals surface area contributed by atoms with Gasteiger partial charge in [0.05, 0.1) is 23.3 Å². The number of rotatable bonds is 5. The Hall–Kier alpha value is -4.11. The van der Waals surface area contributed by atoms with Gasteiger partial charge in [0, 0.05) is 23.2 Å². The molecule has 1 aromatic heterocycles. The van der Waals surface area contributed by atoms with Crippen molar-refractivity contribution in [3.05, 3.63) is 81.2 Å². The number of imide groups is 1. The minimum Gasteiger partial charge on any atom is -0.496 e. The molecule has 0 radical (unpaired) electrons. The van der Waals surface area contributed by atoms with Crippen LogP contribution in [-0.4, -0.2) is 24.0 Å². The van der Waals surface area contributed by atoms with Crippen molar-refractivity contribution in [2.75, 3.05) is 12.0 Å². The quantitative estimate of drug-likeness (QED) is 0.268. The number of methoxy groups -OCH3 is 1. The second-order valence-electron chi connectivity index (χ2n) is 6.45. The van der Waals surface area contributed by atoms with E-state index in [0.717, 1.165) is 4.90 Å². The normalized spacial score (nSPS) is 14.8. The average Bonchev–Trinajstić information content (AvgIpc) is 3.31. The highest BCUT2D eigenvalue weighted by atomic mass is 35.5. The lowest BCUT2D eigenvalue weighted by molar-refractivity contribution is -0.384. The Balaban J connectivity index is 1.65. The number of anilines is 1. The number of hydrogen-bond donors (Lipinski definition) is 1. The lowest BCUT2D eigenvalue weighted by Crippen LogP contribution is -2.30. The molecule has 0 aliphatic carbocycles. The molecule has 1 aliphatic heterocycles. The van der Waals surface area contributed by atoms with Gasteiger partial charge in [-0.25, -0.2) is 9.69 Å². The number of ether oxygens (including phenoxy) is 1. The van der Waals surface area contributed by atoms with Crippen molar-refractivity contribution in [1.29, 1.82) is 0 Å². The Morgan fingerprint density at radius 2 is 1.97 bits per heavy atom. The minimum atomic E-state index is -0.620. The van der Waals surface area contributed by atoms with Crippen molar-refractivity contribution in [3.8, 4) is 17.1 Å². The predicted octanol–water partition coefficient (Wildman–Crippen LogP) is 4.61. The highest BCUT2D eigenvalue weighted by Gasteiger charge is 2.35. The van der Waals surface area contributed by atoms with Crippen molar-refractivity contribution in [1.82, 2.24) is 5.32 Å². The molecular weight excluding hydrogens is 426 g/mol. The summed E-state index contributed by atoms with van der Waals surface area (Å²) >= 11 is 5.95. The molecule has 1 aliphatic rings. The van der Waals surface area contributed by atoms with Gasteiger partial charge in [-0.2, -0.15) is 0 Å². The highest BCUT2D eigenvalue weighted by molar-refractivity contribution is 6.32. The molecule has 0 atom stereocenters. The van der Waals surface area contributed by atoms with Crippen LogP contribution in [0.15, 0.2) is 64.7 Å². The summed E-state index contributed by atoms with van der Waals surface area (Å²) < 4.78 is 11.0. The second-order valence-corrected chi connectivity index (χ2v) is 6.89. The molecule has 2 aromatic carbocycles. The second kappa shape index (κ2) is 7.96. The summed E-state index contributed by atoms with van der Waals surface area (Å²) in [5, 5.41) is 14.0. The Morgan fingerprint density at radius 3 is 2.68 bits per heavy atom. The van der Waals surface area contributed by atoms with Gasteiger partial charge in [-0.05, 0) is 36.4 Å². The van der Waals surface area contributed by atoms with Crippen LogP contribution in [0.25, 0.3) is 17.4 Å². The fourth-order valence-corrected chi connectivity index (χ4v) is 3.29. The average molecular weight is 440 g/mol. The third-order valence-electron chi connectivity index (χ3n) is 4.52. The van der Waals surface area contributed by atoms with Crippen LogP contribution in [0.4, 0.5) is 16.2 Å². The van der Waals surface area contributed by atoms with E-state index in [-0.39, 0.29) is 17.1 Å². The summed E-state index contributed by atoms with van der Waals surface area (Å²) in [4.78, 5) is 36.6. The highest BCUT2D eigenvalue weighted by Crippen LogP contribution is 2.35. The van der Waals surface area contributed by atoms with E-state index >= 15 is 0 Å². The number of nitrogens with one attached hydrogen (secondary N) is 1. The molecule has 0 spiro atoms. The van der Waals surface area contributed by atoms with Crippen molar-refractivity contribution < 1.29 is 23.7 Å². The van der Waals surface area contributed by atoms with Gasteiger partial charge in [0.1, 0.15) is 23.0 Å². The first-order chi connectivity index (χ1) is 14.9. The van der Waals surface area contributed by atoms with Crippen LogP contribution in [0.5, 0.6) is 5.75 Å². The molecular formula is C21H14ClN3O6. The first kappa shape index (κ1) is 20.2. The fourth-order valence-electron chi connectivity index (χ4n) is 3.10. The van der Waals surface area contributed by atoms with Crippen molar-refractivity contribution in [3.63, 3.8) is 0 Å². The number of benzene rings is 2. The molecule has 0 saturated carbocycles. The Bertz CT molecular complexity index is 1250. The first-order valence-corrected chi connectivity index (χ1v) is 9.30. The number of nitrogens with zero attached hydrogens (tertiary/aromatic N) is 2. The number of urea groups is 1. The Labute approximate surface area is 180 Å². The molecule has 4 rings (SSSR count). The summed E-state index contributed by atoms with van der Waals surface area (Å²) in [5.74, 6) is 0.380. The smallest absolute Gasteiger partial charge is 0.333 e. The molecule has 10 heteroatoms. The van der Waals surface area contributed by atoms with Gasteiger partial charge in [0.2, 0.25) is 0 Å². The van der Waals surface area contributed by atoms with Gasteiger partial charge in [0.15, 0.2) is 0 Å². The number of non-ortho nitro benzene ring substituents is 1. The van der Waals surface area contributed by atoms with Crippen LogP contribution in [-0.2, 0) is 4.79 Å². The van der Waals surface area contributed by atoms with Crippen LogP contribution in [0.2, 0.25) is 5.02 Å². The fraction of sp³-hybridized carbons (Fsp3) is 0.0476. The van der Waals surface area contributed by atoms with Gasteiger partial charge in [0.25, 0.3) is 11.6 Å². The molecule has 156 valence electrons. The zero-order chi connectivity index (χ0) is 22.1. The van der Waals surface area contributed by atoms with Crippen molar-refractivity contribution >= 4 is 41.0 Å². The maximum Gasteiger partial charge on any atom is 0.333 e. The zero-order valence-electron chi connectivity index (χ0n) is 16.0. The van der Waals surface area contributed by atoms with Crippen molar-refractivity contribution in [2.24, 2.45) is 0 Å². The number of hydrogen-bond acceptors (Lipinski definition) is 6. The molecule has 9 nitrogen and oxygen atoms in total. The molecule has 31 heavy (non-hydrogen) atoms. The van der Waals surface area contributed by atoms with Crippen LogP contribution in [0.3, 0.4) is 0 Å². The van der Waals surface area contributed by atoms with Gasteiger partial charge in [-0.15, -0.1) is 0 Å². The lowest BCUT2D eigenvalue weighted by Gasteiger charge is -2.11. The molecule has 0 unspecified atom stereocenters. The van der Waals surface area contributed by atoms with Crippen LogP contribution >= 0.6 is 11.6 Å². The number of furan rings is 1. The molecule has 1 fully saturated rings. The summed E-state index contributed by atoms with van der Waals surface area (Å²) in [6.07, 6.45) is 1.37. The van der Waals surface area contributed by atoms with Gasteiger partial charge >= 0.3 is 6.03 Å². The SMILES string of the molecule is COc1ccc([N+](=O)[O-])cc1-c1ccc(/C=C2/NC(=O)N(c3cccc(Cl)c3)C2=O)o1. The number of nitro groups is 1. The maximum absolute atomic E-state index is 12.7. The molecule has 2 heterocycles. The number of carbonyl (C=O) groups excluding carboxylic acids is 2. The van der Waals surface area contributed by atoms with Crippen LogP contribution in [0.1, 0.15) is 5.76 Å². The first-order valence-electron chi connectivity index (χ1n) is 8.92. The summed E-state index contributed by atoms with van der Waals surface area (Å²) in [5.41, 5.74) is 0.600. The van der Waals surface area contributed by atoms with E-state index in [9.17, 15) is 19.7 Å². The van der Waals surface area contributed by atoms with Crippen LogP contribution in [0, 0.1) is 10.1 Å². The van der Waals surface area contributed by atoms with Crippen molar-refractivity contribution in [2.45, 2.75) is 0 Å². The Kier molecular flexibility index (Phi) is 5.18. The standard InChI is InChI=1S/C21H14ClN3O6/c1-30-18-7-5-14(25(28)29)10-16(18)19-8-6-15(31-19)11-17-20(26)24(21(27)23-17)13-4-2-3-12(22)9-13/h2-11H,1H3,(H,23,27)/b17-11+. The number of halogens is 1. The summed E-state index contributed by atoms with van der Waals surface area (Å²) in [7, 11) is 1.44. The largest absolute Gasteiger partial charge is 0.496 e. The van der Waals surface area contributed by atoms with Gasteiger partial charge in [-0.1, -0.05) is 17.7 Å². The number of amides is 3. The zero-order valence-corrected chi connectivity index (χ0v) is 16.8. The van der Waals surface area contributed by atoms with E-state index in [0.29, 0.717) is 27.8 Å². The maximum atomic E-state index is 12.7. The van der Waals surface area contributed by atoms with E-state index in [1.54, 1.807) is 30.3 Å². The van der Waals surface area contributed by atoms with Gasteiger partial charge < -0.3 is 14.5 Å². The number of nitro benzene ring substituents is 1. The van der Waals surface area contributed by atoms with E-state index in [2.05, 4.69) is 5.32 Å². The third-order valence-corrected chi connectivity index (χ3v) is 4.75. The van der Waals surface area contributed by atoms with Crippen LogP contribution < -0.4 is 15.0 Å². The molecule has 3 amide bonds. The van der Waals surface area contributed by atoms with E-state index in [4.69, 9.17) is 20.8 Å². The summed E-state index contributed by atoms with van der Waals surface area (Å²) in [6, 6.07) is 13.0. The van der Waals surface area contributed by atoms with Gasteiger partial charge in [-0.3, -0.25) is 14.9 Å². The minimum absolute atomic E-state index is 0.0110. The van der Waals surface area contributed by atoms with E-state index in [1.807, 2.05) is 0 Å². The molecule has 3 aromatic rings. The lowest BCUT2D eigenvalue weighted by atomic mass is 10.1. The third kappa shape index (κ3) is 3.86. The monoisotopic (exact) mass is 439 g/mol. The van der Waals surface area contributed by atoms with E-state index in [1.165, 1.54) is 37.5 Å². The topological polar surface area (TPSA) is 115 Å².